The van der Waals surface area contributed by atoms with Gasteiger partial charge in [0.1, 0.15) is 24.3 Å². The number of fused-ring (bicyclic) bond motifs is 2. The van der Waals surface area contributed by atoms with Crippen molar-refractivity contribution in [2.45, 2.75) is 82.3 Å². The monoisotopic (exact) mass is 518 g/mol. The van der Waals surface area contributed by atoms with E-state index in [1.807, 2.05) is 13.8 Å². The third-order valence-electron chi connectivity index (χ3n) is 7.10. The van der Waals surface area contributed by atoms with Crippen molar-refractivity contribution in [1.29, 1.82) is 0 Å². The molecule has 4 heterocycles. The van der Waals surface area contributed by atoms with E-state index < -0.39 is 24.1 Å². The summed E-state index contributed by atoms with van der Waals surface area (Å²) in [6.45, 7) is 4.35. The van der Waals surface area contributed by atoms with Crippen LogP contribution in [0.5, 0.6) is 5.75 Å². The first-order valence-electron chi connectivity index (χ1n) is 12.8. The Balaban J connectivity index is 1.15. The topological polar surface area (TPSA) is 162 Å². The molecule has 0 aromatic carbocycles. The van der Waals surface area contributed by atoms with Crippen molar-refractivity contribution >= 4 is 11.6 Å². The van der Waals surface area contributed by atoms with Crippen molar-refractivity contribution in [3.05, 3.63) is 39.4 Å². The zero-order valence-electron chi connectivity index (χ0n) is 20.9. The average Bonchev–Trinajstić information content (AvgIpc) is 3.25. The zero-order chi connectivity index (χ0) is 26.1. The van der Waals surface area contributed by atoms with Gasteiger partial charge in [0.2, 0.25) is 0 Å². The largest absolute Gasteiger partial charge is 0.483 e. The van der Waals surface area contributed by atoms with Crippen LogP contribution in [0.3, 0.4) is 0 Å². The van der Waals surface area contributed by atoms with Crippen LogP contribution in [0.2, 0.25) is 0 Å². The number of nitrogens with one attached hydrogen (secondary N) is 2. The molecule has 202 valence electrons. The highest BCUT2D eigenvalue weighted by atomic mass is 16.5. The third-order valence-corrected chi connectivity index (χ3v) is 7.10. The van der Waals surface area contributed by atoms with Crippen molar-refractivity contribution < 1.29 is 24.4 Å². The maximum atomic E-state index is 12.5. The van der Waals surface area contributed by atoms with E-state index in [-0.39, 0.29) is 43.0 Å². The minimum atomic E-state index is -0.830. The number of ether oxygens (including phenoxy) is 3. The zero-order valence-corrected chi connectivity index (χ0v) is 20.9. The Labute approximate surface area is 213 Å². The van der Waals surface area contributed by atoms with Gasteiger partial charge < -0.3 is 35.1 Å². The Morgan fingerprint density at radius 2 is 2.11 bits per heavy atom. The van der Waals surface area contributed by atoms with E-state index in [1.165, 1.54) is 4.57 Å². The molecule has 3 aliphatic rings. The van der Waals surface area contributed by atoms with E-state index in [2.05, 4.69) is 20.6 Å². The van der Waals surface area contributed by atoms with Gasteiger partial charge in [0.05, 0.1) is 37.7 Å². The van der Waals surface area contributed by atoms with Crippen LogP contribution in [0.25, 0.3) is 0 Å². The summed E-state index contributed by atoms with van der Waals surface area (Å²) < 4.78 is 20.8. The molecule has 0 bridgehead atoms. The minimum Gasteiger partial charge on any atom is -0.483 e. The van der Waals surface area contributed by atoms with E-state index in [9.17, 15) is 19.8 Å². The van der Waals surface area contributed by atoms with Gasteiger partial charge in [-0.05, 0) is 39.2 Å². The molecule has 0 radical (unpaired) electrons. The number of aliphatic hydroxyl groups is 2. The molecule has 6 atom stereocenters. The maximum Gasteiger partial charge on any atom is 0.351 e. The number of aliphatic hydroxyl groups excluding tert-OH is 2. The van der Waals surface area contributed by atoms with E-state index in [0.29, 0.717) is 30.5 Å². The van der Waals surface area contributed by atoms with Gasteiger partial charge in [-0.2, -0.15) is 9.97 Å². The van der Waals surface area contributed by atoms with Gasteiger partial charge in [-0.25, -0.2) is 9.59 Å². The molecule has 5 rings (SSSR count). The lowest BCUT2D eigenvalue weighted by atomic mass is 9.88. The van der Waals surface area contributed by atoms with Gasteiger partial charge in [0.25, 0.3) is 0 Å². The molecule has 1 saturated carbocycles. The standard InChI is InChI=1S/C24H34N6O7/c1-13(2)30-11-17-22(28-24(30)34)27-21-15(4-3-5-16(21)36-17)35-9-7-25-19-6-8-29(23(33)26-19)20-10-14(32)18(12-31)37-20/h6,8,11,13-16,18,20-21,31-32H,3-5,7,9-10,12H2,1-2H3,(H,25,26,33)(H,27,28,34). The van der Waals surface area contributed by atoms with Crippen LogP contribution in [0.1, 0.15) is 51.8 Å². The molecule has 13 nitrogen and oxygen atoms in total. The molecule has 2 aromatic heterocycles. The minimum absolute atomic E-state index is 0.00824. The van der Waals surface area contributed by atoms with Gasteiger partial charge >= 0.3 is 11.4 Å². The van der Waals surface area contributed by atoms with Crippen LogP contribution in [0.15, 0.2) is 28.0 Å². The Bertz CT molecular complexity index is 1220. The first kappa shape index (κ1) is 25.6. The fourth-order valence-electron chi connectivity index (χ4n) is 5.13. The fourth-order valence-corrected chi connectivity index (χ4v) is 5.13. The summed E-state index contributed by atoms with van der Waals surface area (Å²) in [5.41, 5.74) is -0.831. The molecule has 13 heteroatoms. The number of hydrogen-bond acceptors (Lipinski definition) is 11. The van der Waals surface area contributed by atoms with Gasteiger partial charge in [-0.1, -0.05) is 0 Å². The van der Waals surface area contributed by atoms with E-state index in [4.69, 9.17) is 14.2 Å². The summed E-state index contributed by atoms with van der Waals surface area (Å²) in [6.07, 6.45) is 3.80. The number of hydrogen-bond donors (Lipinski definition) is 4. The number of aromatic nitrogens is 4. The smallest absolute Gasteiger partial charge is 0.351 e. The molecule has 2 fully saturated rings. The van der Waals surface area contributed by atoms with E-state index in [1.54, 1.807) is 23.0 Å². The summed E-state index contributed by atoms with van der Waals surface area (Å²) >= 11 is 0. The third kappa shape index (κ3) is 5.35. The molecule has 4 N–H and O–H groups in total. The summed E-state index contributed by atoms with van der Waals surface area (Å²) in [5.74, 6) is 1.44. The van der Waals surface area contributed by atoms with Gasteiger partial charge in [-0.3, -0.25) is 9.13 Å². The molecule has 1 aliphatic carbocycles. The second-order valence-electron chi connectivity index (χ2n) is 9.95. The molecular weight excluding hydrogens is 484 g/mol. The number of rotatable bonds is 8. The predicted molar refractivity (Wildman–Crippen MR) is 133 cm³/mol. The van der Waals surface area contributed by atoms with Gasteiger partial charge in [-0.15, -0.1) is 0 Å². The Hall–Kier alpha value is -3.00. The molecule has 0 amide bonds. The summed E-state index contributed by atoms with van der Waals surface area (Å²) in [4.78, 5) is 33.0. The lowest BCUT2D eigenvalue weighted by molar-refractivity contribution is -0.0458. The summed E-state index contributed by atoms with van der Waals surface area (Å²) in [6, 6.07) is 1.53. The second-order valence-corrected chi connectivity index (χ2v) is 9.95. The summed E-state index contributed by atoms with van der Waals surface area (Å²) in [7, 11) is 0. The molecule has 1 saturated heterocycles. The van der Waals surface area contributed by atoms with Crippen molar-refractivity contribution in [2.24, 2.45) is 0 Å². The average molecular weight is 519 g/mol. The normalized spacial score (nSPS) is 28.8. The SMILES string of the molecule is CC(C)n1cc2c(nc1=O)NC1C(OCCNc3ccn(C4CC(O)C(CO)O4)c(=O)n3)CCCC1O2. The van der Waals surface area contributed by atoms with Gasteiger partial charge in [0.15, 0.2) is 11.6 Å². The molecule has 6 unspecified atom stereocenters. The van der Waals surface area contributed by atoms with Crippen molar-refractivity contribution in [3.63, 3.8) is 0 Å². The second kappa shape index (κ2) is 10.8. The quantitative estimate of drug-likeness (QED) is 0.354. The Morgan fingerprint density at radius 3 is 2.84 bits per heavy atom. The van der Waals surface area contributed by atoms with Crippen LogP contribution < -0.4 is 26.7 Å². The molecule has 0 spiro atoms. The Kier molecular flexibility index (Phi) is 7.47. The molecule has 37 heavy (non-hydrogen) atoms. The molecule has 2 aliphatic heterocycles. The summed E-state index contributed by atoms with van der Waals surface area (Å²) in [5, 5.41) is 25.6. The van der Waals surface area contributed by atoms with Crippen LogP contribution in [-0.4, -0.2) is 79.5 Å². The van der Waals surface area contributed by atoms with Crippen LogP contribution in [0, 0.1) is 0 Å². The van der Waals surface area contributed by atoms with Crippen LogP contribution >= 0.6 is 0 Å². The molecular formula is C24H34N6O7. The van der Waals surface area contributed by atoms with Crippen molar-refractivity contribution in [3.8, 4) is 5.75 Å². The fraction of sp³-hybridized carbons (Fsp3) is 0.667. The Morgan fingerprint density at radius 1 is 1.27 bits per heavy atom. The van der Waals surface area contributed by atoms with Crippen LogP contribution in [-0.2, 0) is 9.47 Å². The van der Waals surface area contributed by atoms with Crippen molar-refractivity contribution in [2.75, 3.05) is 30.4 Å². The van der Waals surface area contributed by atoms with Gasteiger partial charge in [0, 0.05) is 25.2 Å². The van der Waals surface area contributed by atoms with E-state index in [0.717, 1.165) is 19.3 Å². The number of nitrogens with zero attached hydrogens (tertiary/aromatic N) is 4. The number of anilines is 2. The van der Waals surface area contributed by atoms with Crippen molar-refractivity contribution in [1.82, 2.24) is 19.1 Å². The van der Waals surface area contributed by atoms with Crippen LogP contribution in [0.4, 0.5) is 11.6 Å². The first-order chi connectivity index (χ1) is 17.8. The lowest BCUT2D eigenvalue weighted by Crippen LogP contribution is -2.53. The highest BCUT2D eigenvalue weighted by Gasteiger charge is 2.40. The molecule has 2 aromatic rings. The predicted octanol–water partition coefficient (Wildman–Crippen LogP) is 0.244. The first-order valence-corrected chi connectivity index (χ1v) is 12.8. The maximum absolute atomic E-state index is 12.5. The highest BCUT2D eigenvalue weighted by molar-refractivity contribution is 5.52. The lowest BCUT2D eigenvalue weighted by Gasteiger charge is -2.42. The highest BCUT2D eigenvalue weighted by Crippen LogP contribution is 2.35. The van der Waals surface area contributed by atoms with E-state index >= 15 is 0 Å².